The normalized spacial score (nSPS) is 12.6. The number of benzene rings is 1. The maximum Gasteiger partial charge on any atom is 0.115 e. The van der Waals surface area contributed by atoms with Gasteiger partial charge < -0.3 is 10.4 Å². The van der Waals surface area contributed by atoms with E-state index in [2.05, 4.69) is 18.5 Å². The minimum Gasteiger partial charge on any atom is -0.508 e. The Bertz CT molecular complexity index is 300. The molecule has 0 aliphatic heterocycles. The number of phenols is 1. The van der Waals surface area contributed by atoms with Gasteiger partial charge in [0.05, 0.1) is 0 Å². The Balaban J connectivity index is 2.16. The lowest BCUT2D eigenvalue weighted by Crippen LogP contribution is -2.29. The van der Waals surface area contributed by atoms with E-state index in [1.807, 2.05) is 23.9 Å². The van der Waals surface area contributed by atoms with Crippen LogP contribution >= 0.6 is 11.8 Å². The summed E-state index contributed by atoms with van der Waals surface area (Å²) >= 11 is 1.91. The molecule has 0 aliphatic carbocycles. The first-order valence-electron chi connectivity index (χ1n) is 6.22. The first kappa shape index (κ1) is 14.4. The van der Waals surface area contributed by atoms with Gasteiger partial charge >= 0.3 is 0 Å². The fraction of sp³-hybridized carbons (Fsp3) is 0.571. The summed E-state index contributed by atoms with van der Waals surface area (Å²) in [7, 11) is 0. The Morgan fingerprint density at radius 1 is 1.24 bits per heavy atom. The molecule has 0 amide bonds. The Hall–Kier alpha value is -0.670. The van der Waals surface area contributed by atoms with Gasteiger partial charge in [-0.2, -0.15) is 11.8 Å². The van der Waals surface area contributed by atoms with Crippen molar-refractivity contribution in [2.75, 3.05) is 18.6 Å². The van der Waals surface area contributed by atoms with Crippen molar-refractivity contribution in [3.63, 3.8) is 0 Å². The van der Waals surface area contributed by atoms with Crippen LogP contribution in [-0.4, -0.2) is 29.7 Å². The van der Waals surface area contributed by atoms with E-state index in [0.29, 0.717) is 11.8 Å². The quantitative estimate of drug-likeness (QED) is 0.698. The number of hydrogen-bond acceptors (Lipinski definition) is 3. The lowest BCUT2D eigenvalue weighted by molar-refractivity contribution is 0.474. The van der Waals surface area contributed by atoms with Crippen LogP contribution in [0, 0.1) is 0 Å². The molecular weight excluding hydrogens is 230 g/mol. The van der Waals surface area contributed by atoms with E-state index in [1.54, 1.807) is 12.1 Å². The molecule has 0 saturated carbocycles. The molecule has 0 fully saturated rings. The molecule has 0 spiro atoms. The van der Waals surface area contributed by atoms with E-state index >= 15 is 0 Å². The van der Waals surface area contributed by atoms with Crippen molar-refractivity contribution in [3.05, 3.63) is 29.8 Å². The van der Waals surface area contributed by atoms with Gasteiger partial charge in [0.2, 0.25) is 0 Å². The molecule has 2 nitrogen and oxygen atoms in total. The Morgan fingerprint density at radius 2 is 1.94 bits per heavy atom. The molecule has 0 radical (unpaired) electrons. The van der Waals surface area contributed by atoms with E-state index in [1.165, 1.54) is 24.2 Å². The number of nitrogens with one attached hydrogen (secondary N) is 1. The monoisotopic (exact) mass is 253 g/mol. The molecule has 1 unspecified atom stereocenters. The van der Waals surface area contributed by atoms with Gasteiger partial charge in [0.25, 0.3) is 0 Å². The first-order valence-corrected chi connectivity index (χ1v) is 7.62. The summed E-state index contributed by atoms with van der Waals surface area (Å²) in [5.41, 5.74) is 1.27. The summed E-state index contributed by atoms with van der Waals surface area (Å²) in [6, 6.07) is 7.97. The third-order valence-corrected chi connectivity index (χ3v) is 3.44. The molecule has 0 saturated heterocycles. The number of phenolic OH excluding ortho intramolecular Hbond substituents is 1. The topological polar surface area (TPSA) is 32.3 Å². The molecule has 1 atom stereocenters. The van der Waals surface area contributed by atoms with Crippen LogP contribution in [0.3, 0.4) is 0 Å². The smallest absolute Gasteiger partial charge is 0.115 e. The van der Waals surface area contributed by atoms with Gasteiger partial charge in [-0.3, -0.25) is 0 Å². The Labute approximate surface area is 109 Å². The van der Waals surface area contributed by atoms with Crippen molar-refractivity contribution in [2.24, 2.45) is 0 Å². The highest BCUT2D eigenvalue weighted by Crippen LogP contribution is 2.11. The fourth-order valence-corrected chi connectivity index (χ4v) is 2.27. The highest BCUT2D eigenvalue weighted by molar-refractivity contribution is 7.98. The first-order chi connectivity index (χ1) is 8.22. The SMILES string of the molecule is CSCCCCNC(C)Cc1ccc(O)cc1. The van der Waals surface area contributed by atoms with Crippen LogP contribution in [0.4, 0.5) is 0 Å². The van der Waals surface area contributed by atoms with Crippen molar-refractivity contribution < 1.29 is 5.11 Å². The summed E-state index contributed by atoms with van der Waals surface area (Å²) in [5.74, 6) is 1.60. The predicted octanol–water partition coefficient (Wildman–Crippen LogP) is 3.06. The van der Waals surface area contributed by atoms with Crippen LogP contribution in [0.1, 0.15) is 25.3 Å². The zero-order valence-corrected chi connectivity index (χ0v) is 11.6. The molecule has 1 aromatic rings. The highest BCUT2D eigenvalue weighted by Gasteiger charge is 2.02. The van der Waals surface area contributed by atoms with Crippen LogP contribution in [-0.2, 0) is 6.42 Å². The minimum atomic E-state index is 0.339. The van der Waals surface area contributed by atoms with Crippen molar-refractivity contribution in [3.8, 4) is 5.75 Å². The maximum atomic E-state index is 9.20. The van der Waals surface area contributed by atoms with Gasteiger partial charge in [-0.1, -0.05) is 12.1 Å². The van der Waals surface area contributed by atoms with Gasteiger partial charge in [-0.05, 0) is 62.4 Å². The highest BCUT2D eigenvalue weighted by atomic mass is 32.2. The fourth-order valence-electron chi connectivity index (χ4n) is 1.78. The van der Waals surface area contributed by atoms with Crippen molar-refractivity contribution in [2.45, 2.75) is 32.2 Å². The second-order valence-corrected chi connectivity index (χ2v) is 5.41. The molecule has 1 rings (SSSR count). The molecule has 1 aromatic carbocycles. The van der Waals surface area contributed by atoms with Crippen molar-refractivity contribution in [1.29, 1.82) is 0 Å². The second kappa shape index (κ2) is 8.43. The summed E-state index contributed by atoms with van der Waals surface area (Å²) in [6.45, 7) is 3.31. The van der Waals surface area contributed by atoms with Gasteiger partial charge in [0.15, 0.2) is 0 Å². The van der Waals surface area contributed by atoms with Crippen molar-refractivity contribution in [1.82, 2.24) is 5.32 Å². The van der Waals surface area contributed by atoms with Gasteiger partial charge in [0, 0.05) is 6.04 Å². The third-order valence-electron chi connectivity index (χ3n) is 2.75. The predicted molar refractivity (Wildman–Crippen MR) is 76.9 cm³/mol. The Kier molecular flexibility index (Phi) is 7.13. The zero-order chi connectivity index (χ0) is 12.5. The average molecular weight is 253 g/mol. The van der Waals surface area contributed by atoms with Gasteiger partial charge in [0.1, 0.15) is 5.75 Å². The molecule has 17 heavy (non-hydrogen) atoms. The van der Waals surface area contributed by atoms with Crippen LogP contribution in [0.15, 0.2) is 24.3 Å². The molecule has 0 aromatic heterocycles. The number of thioether (sulfide) groups is 1. The van der Waals surface area contributed by atoms with E-state index in [0.717, 1.165) is 13.0 Å². The molecule has 0 bridgehead atoms. The van der Waals surface area contributed by atoms with E-state index < -0.39 is 0 Å². The summed E-state index contributed by atoms with van der Waals surface area (Å²) in [5, 5.41) is 12.7. The van der Waals surface area contributed by atoms with Crippen molar-refractivity contribution >= 4 is 11.8 Å². The molecule has 2 N–H and O–H groups in total. The van der Waals surface area contributed by atoms with E-state index in [-0.39, 0.29) is 0 Å². The minimum absolute atomic E-state index is 0.339. The lowest BCUT2D eigenvalue weighted by Gasteiger charge is -2.13. The van der Waals surface area contributed by atoms with Crippen LogP contribution in [0.25, 0.3) is 0 Å². The molecule has 0 aliphatic rings. The Morgan fingerprint density at radius 3 is 2.59 bits per heavy atom. The molecule has 96 valence electrons. The lowest BCUT2D eigenvalue weighted by atomic mass is 10.1. The summed E-state index contributed by atoms with van der Waals surface area (Å²) < 4.78 is 0. The summed E-state index contributed by atoms with van der Waals surface area (Å²) in [6.07, 6.45) is 5.71. The summed E-state index contributed by atoms with van der Waals surface area (Å²) in [4.78, 5) is 0. The van der Waals surface area contributed by atoms with Crippen LogP contribution in [0.2, 0.25) is 0 Å². The van der Waals surface area contributed by atoms with Crippen LogP contribution < -0.4 is 5.32 Å². The standard InChI is InChI=1S/C14H23NOS/c1-12(15-9-3-4-10-17-2)11-13-5-7-14(16)8-6-13/h5-8,12,15-16H,3-4,9-11H2,1-2H3. The largest absolute Gasteiger partial charge is 0.508 e. The number of hydrogen-bond donors (Lipinski definition) is 2. The second-order valence-electron chi connectivity index (χ2n) is 4.43. The van der Waals surface area contributed by atoms with Gasteiger partial charge in [-0.25, -0.2) is 0 Å². The van der Waals surface area contributed by atoms with Crippen LogP contribution in [0.5, 0.6) is 5.75 Å². The number of unbranched alkanes of at least 4 members (excludes halogenated alkanes) is 1. The zero-order valence-electron chi connectivity index (χ0n) is 10.8. The maximum absolute atomic E-state index is 9.20. The molecular formula is C14H23NOS. The average Bonchev–Trinajstić information content (AvgIpc) is 2.32. The number of rotatable bonds is 8. The van der Waals surface area contributed by atoms with Gasteiger partial charge in [-0.15, -0.1) is 0 Å². The van der Waals surface area contributed by atoms with E-state index in [4.69, 9.17) is 0 Å². The number of aromatic hydroxyl groups is 1. The molecule has 3 heteroatoms. The van der Waals surface area contributed by atoms with E-state index in [9.17, 15) is 5.11 Å². The third kappa shape index (κ3) is 6.59. The molecule has 0 heterocycles.